The van der Waals surface area contributed by atoms with Crippen molar-refractivity contribution in [3.63, 3.8) is 0 Å². The van der Waals surface area contributed by atoms with Crippen LogP contribution in [0.25, 0.3) is 0 Å². The standard InChI is InChI=1S/C17H23N3O3/c1-4-7-20(13-14(2)17(21)22-3)15-5-6-16(18-12-15)19-8-10-23-11-9-19/h1,5-6,12,14H,7-11,13H2,2-3H3. The first-order valence-electron chi connectivity index (χ1n) is 7.70. The number of hydrogen-bond donors (Lipinski definition) is 0. The predicted molar refractivity (Wildman–Crippen MR) is 89.5 cm³/mol. The molecule has 1 aromatic heterocycles. The van der Waals surface area contributed by atoms with E-state index in [1.54, 1.807) is 6.20 Å². The molecule has 1 saturated heterocycles. The molecule has 124 valence electrons. The van der Waals surface area contributed by atoms with Crippen LogP contribution in [0, 0.1) is 18.3 Å². The number of hydrogen-bond acceptors (Lipinski definition) is 6. The maximum Gasteiger partial charge on any atom is 0.310 e. The Bertz CT molecular complexity index is 547. The number of esters is 1. The molecule has 6 heteroatoms. The Morgan fingerprint density at radius 2 is 2.26 bits per heavy atom. The van der Waals surface area contributed by atoms with Gasteiger partial charge in [-0.1, -0.05) is 12.8 Å². The Morgan fingerprint density at radius 1 is 1.52 bits per heavy atom. The summed E-state index contributed by atoms with van der Waals surface area (Å²) >= 11 is 0. The summed E-state index contributed by atoms with van der Waals surface area (Å²) < 4.78 is 10.1. The lowest BCUT2D eigenvalue weighted by atomic mass is 10.1. The molecular weight excluding hydrogens is 294 g/mol. The molecule has 1 aromatic rings. The van der Waals surface area contributed by atoms with Gasteiger partial charge < -0.3 is 19.3 Å². The summed E-state index contributed by atoms with van der Waals surface area (Å²) in [5, 5.41) is 0. The van der Waals surface area contributed by atoms with E-state index in [1.165, 1.54) is 7.11 Å². The second-order valence-corrected chi connectivity index (χ2v) is 5.48. The van der Waals surface area contributed by atoms with Gasteiger partial charge >= 0.3 is 5.97 Å². The van der Waals surface area contributed by atoms with E-state index in [1.807, 2.05) is 24.0 Å². The largest absolute Gasteiger partial charge is 0.469 e. The summed E-state index contributed by atoms with van der Waals surface area (Å²) in [6.07, 6.45) is 7.25. The van der Waals surface area contributed by atoms with Crippen molar-refractivity contribution in [2.75, 3.05) is 56.3 Å². The van der Waals surface area contributed by atoms with E-state index in [9.17, 15) is 4.79 Å². The molecule has 0 aliphatic carbocycles. The lowest BCUT2D eigenvalue weighted by molar-refractivity contribution is -0.144. The fraction of sp³-hybridized carbons (Fsp3) is 0.529. The van der Waals surface area contributed by atoms with Crippen molar-refractivity contribution in [3.8, 4) is 12.3 Å². The Morgan fingerprint density at radius 3 is 2.83 bits per heavy atom. The van der Waals surface area contributed by atoms with Gasteiger partial charge in [0.1, 0.15) is 5.82 Å². The Kier molecular flexibility index (Phi) is 6.24. The van der Waals surface area contributed by atoms with Gasteiger partial charge in [0.15, 0.2) is 0 Å². The first-order chi connectivity index (χ1) is 11.2. The van der Waals surface area contributed by atoms with E-state index in [4.69, 9.17) is 15.9 Å². The number of carbonyl (C=O) groups is 1. The van der Waals surface area contributed by atoms with Gasteiger partial charge in [-0.25, -0.2) is 4.98 Å². The highest BCUT2D eigenvalue weighted by atomic mass is 16.5. The minimum absolute atomic E-state index is 0.245. The van der Waals surface area contributed by atoms with Crippen LogP contribution < -0.4 is 9.80 Å². The normalized spacial score (nSPS) is 15.6. The van der Waals surface area contributed by atoms with Crippen LogP contribution >= 0.6 is 0 Å². The van der Waals surface area contributed by atoms with Gasteiger partial charge in [0.2, 0.25) is 0 Å². The molecule has 0 bridgehead atoms. The number of carbonyl (C=O) groups excluding carboxylic acids is 1. The molecule has 2 heterocycles. The summed E-state index contributed by atoms with van der Waals surface area (Å²) in [7, 11) is 1.39. The molecular formula is C17H23N3O3. The zero-order valence-electron chi connectivity index (χ0n) is 13.7. The fourth-order valence-corrected chi connectivity index (χ4v) is 2.52. The SMILES string of the molecule is C#CCN(CC(C)C(=O)OC)c1ccc(N2CCOCC2)nc1. The third kappa shape index (κ3) is 4.60. The highest BCUT2D eigenvalue weighted by Crippen LogP contribution is 2.19. The minimum atomic E-state index is -0.257. The third-order valence-electron chi connectivity index (χ3n) is 3.81. The molecule has 23 heavy (non-hydrogen) atoms. The van der Waals surface area contributed by atoms with Gasteiger partial charge in [-0.05, 0) is 12.1 Å². The Labute approximate surface area is 137 Å². The average Bonchev–Trinajstić information content (AvgIpc) is 2.61. The van der Waals surface area contributed by atoms with Crippen LogP contribution in [-0.4, -0.2) is 57.5 Å². The molecule has 0 radical (unpaired) electrons. The van der Waals surface area contributed by atoms with Crippen LogP contribution in [0.3, 0.4) is 0 Å². The van der Waals surface area contributed by atoms with E-state index in [0.717, 1.165) is 37.8 Å². The summed E-state index contributed by atoms with van der Waals surface area (Å²) in [6, 6.07) is 3.96. The number of terminal acetylenes is 1. The first-order valence-corrected chi connectivity index (χ1v) is 7.70. The number of nitrogens with zero attached hydrogens (tertiary/aromatic N) is 3. The molecule has 0 saturated carbocycles. The van der Waals surface area contributed by atoms with Crippen LogP contribution in [0.2, 0.25) is 0 Å². The topological polar surface area (TPSA) is 54.9 Å². The lowest BCUT2D eigenvalue weighted by Crippen LogP contribution is -2.37. The maximum atomic E-state index is 11.6. The molecule has 1 atom stereocenters. The minimum Gasteiger partial charge on any atom is -0.469 e. The third-order valence-corrected chi connectivity index (χ3v) is 3.81. The highest BCUT2D eigenvalue weighted by molar-refractivity contribution is 5.72. The van der Waals surface area contributed by atoms with Gasteiger partial charge in [0.25, 0.3) is 0 Å². The van der Waals surface area contributed by atoms with Crippen molar-refractivity contribution in [2.24, 2.45) is 5.92 Å². The van der Waals surface area contributed by atoms with E-state index >= 15 is 0 Å². The molecule has 1 aliphatic rings. The van der Waals surface area contributed by atoms with Crippen molar-refractivity contribution in [2.45, 2.75) is 6.92 Å². The number of morpholine rings is 1. The van der Waals surface area contributed by atoms with Gasteiger partial charge in [0.05, 0.1) is 44.7 Å². The first kappa shape index (κ1) is 17.1. The Balaban J connectivity index is 2.07. The molecule has 2 rings (SSSR count). The van der Waals surface area contributed by atoms with Crippen LogP contribution in [0.5, 0.6) is 0 Å². The molecule has 6 nitrogen and oxygen atoms in total. The average molecular weight is 317 g/mol. The molecule has 1 fully saturated rings. The number of aromatic nitrogens is 1. The van der Waals surface area contributed by atoms with Gasteiger partial charge in [0, 0.05) is 19.6 Å². The van der Waals surface area contributed by atoms with Crippen LogP contribution in [-0.2, 0) is 14.3 Å². The smallest absolute Gasteiger partial charge is 0.310 e. The van der Waals surface area contributed by atoms with Crippen molar-refractivity contribution < 1.29 is 14.3 Å². The number of anilines is 2. The molecule has 0 amide bonds. The van der Waals surface area contributed by atoms with Crippen molar-refractivity contribution in [1.82, 2.24) is 4.98 Å². The number of ether oxygens (including phenoxy) is 2. The second-order valence-electron chi connectivity index (χ2n) is 5.48. The van der Waals surface area contributed by atoms with Crippen LogP contribution in [0.4, 0.5) is 11.5 Å². The zero-order valence-corrected chi connectivity index (χ0v) is 13.7. The number of methoxy groups -OCH3 is 1. The van der Waals surface area contributed by atoms with Crippen molar-refractivity contribution >= 4 is 17.5 Å². The number of pyridine rings is 1. The summed E-state index contributed by atoms with van der Waals surface area (Å²) in [6.45, 7) is 5.88. The predicted octanol–water partition coefficient (Wildman–Crippen LogP) is 1.17. The highest BCUT2D eigenvalue weighted by Gasteiger charge is 2.18. The molecule has 0 spiro atoms. The fourth-order valence-electron chi connectivity index (χ4n) is 2.52. The molecule has 0 N–H and O–H groups in total. The summed E-state index contributed by atoms with van der Waals surface area (Å²) in [5.41, 5.74) is 0.899. The van der Waals surface area contributed by atoms with Crippen LogP contribution in [0.1, 0.15) is 6.92 Å². The van der Waals surface area contributed by atoms with E-state index < -0.39 is 0 Å². The molecule has 1 unspecified atom stereocenters. The molecule has 1 aliphatic heterocycles. The van der Waals surface area contributed by atoms with Crippen molar-refractivity contribution in [1.29, 1.82) is 0 Å². The molecule has 0 aromatic carbocycles. The quantitative estimate of drug-likeness (QED) is 0.580. The lowest BCUT2D eigenvalue weighted by Gasteiger charge is -2.29. The van der Waals surface area contributed by atoms with E-state index in [0.29, 0.717) is 13.1 Å². The van der Waals surface area contributed by atoms with E-state index in [-0.39, 0.29) is 11.9 Å². The van der Waals surface area contributed by atoms with E-state index in [2.05, 4.69) is 15.8 Å². The summed E-state index contributed by atoms with van der Waals surface area (Å²) in [4.78, 5) is 20.3. The Hall–Kier alpha value is -2.26. The van der Waals surface area contributed by atoms with Gasteiger partial charge in [-0.3, -0.25) is 4.79 Å². The maximum absolute atomic E-state index is 11.6. The number of rotatable bonds is 6. The second kappa shape index (κ2) is 8.39. The van der Waals surface area contributed by atoms with Crippen molar-refractivity contribution in [3.05, 3.63) is 18.3 Å². The van der Waals surface area contributed by atoms with Crippen LogP contribution in [0.15, 0.2) is 18.3 Å². The van der Waals surface area contributed by atoms with Gasteiger partial charge in [-0.2, -0.15) is 0 Å². The van der Waals surface area contributed by atoms with Gasteiger partial charge in [-0.15, -0.1) is 6.42 Å². The summed E-state index contributed by atoms with van der Waals surface area (Å²) in [5.74, 6) is 3.05. The zero-order chi connectivity index (χ0) is 16.7. The monoisotopic (exact) mass is 317 g/mol.